The molecule has 7 heavy (non-hydrogen) atoms. The Bertz CT molecular complexity index is 72.6. The van der Waals surface area contributed by atoms with Gasteiger partial charge in [-0.15, -0.1) is 0 Å². The summed E-state index contributed by atoms with van der Waals surface area (Å²) in [6, 6.07) is -1.24. The third-order valence-electron chi connectivity index (χ3n) is 0.499. The third kappa shape index (κ3) is 2.13. The van der Waals surface area contributed by atoms with Crippen LogP contribution in [-0.2, 0) is 9.90 Å². The van der Waals surface area contributed by atoms with Gasteiger partial charge in [0.15, 0.2) is 0 Å². The molecule has 0 aromatic carbocycles. The first kappa shape index (κ1) is 6.39. The Morgan fingerprint density at radius 1 is 1.86 bits per heavy atom. The number of hydrogen-bond donors (Lipinski definition) is 2. The molecule has 0 fully saturated rings. The van der Waals surface area contributed by atoms with E-state index >= 15 is 0 Å². The summed E-state index contributed by atoms with van der Waals surface area (Å²) < 4.78 is 0. The van der Waals surface area contributed by atoms with Gasteiger partial charge in [0.05, 0.1) is 6.61 Å². The van der Waals surface area contributed by atoms with E-state index in [1.165, 1.54) is 0 Å². The molecule has 0 rings (SSSR count). The molecular weight excluding hydrogens is 98.0 g/mol. The molecule has 41 valence electrons. The van der Waals surface area contributed by atoms with E-state index in [1.54, 1.807) is 0 Å². The lowest BCUT2D eigenvalue weighted by Gasteiger charge is -1.93. The van der Waals surface area contributed by atoms with Gasteiger partial charge in [-0.3, -0.25) is 0 Å². The molecule has 0 bridgehead atoms. The van der Waals surface area contributed by atoms with E-state index < -0.39 is 18.6 Å². The van der Waals surface area contributed by atoms with Crippen LogP contribution in [0.2, 0.25) is 0 Å². The molecule has 4 heteroatoms. The predicted octanol–water partition coefficient (Wildman–Crippen LogP) is -1.74. The van der Waals surface area contributed by atoms with Crippen molar-refractivity contribution in [3.63, 3.8) is 0 Å². The molecule has 3 N–H and O–H groups in total. The van der Waals surface area contributed by atoms with E-state index in [2.05, 4.69) is 0 Å². The van der Waals surface area contributed by atoms with E-state index in [4.69, 9.17) is 10.8 Å². The summed E-state index contributed by atoms with van der Waals surface area (Å²) in [5.74, 6) is -1.43. The van der Waals surface area contributed by atoms with Crippen LogP contribution in [0.3, 0.4) is 0 Å². The zero-order chi connectivity index (χ0) is 5.86. The van der Waals surface area contributed by atoms with Gasteiger partial charge >= 0.3 is 5.97 Å². The molecule has 1 radical (unpaired) electrons. The SMILES string of the molecule is NC(CO)C([O])=O. The highest BCUT2D eigenvalue weighted by molar-refractivity contribution is 5.72. The molecule has 0 aromatic rings. The zero-order valence-electron chi connectivity index (χ0n) is 3.63. The van der Waals surface area contributed by atoms with Crippen molar-refractivity contribution in [2.75, 3.05) is 6.61 Å². The summed E-state index contributed by atoms with van der Waals surface area (Å²) in [7, 11) is 0. The molecular formula is C3H6NO3. The highest BCUT2D eigenvalue weighted by Crippen LogP contribution is 1.72. The molecule has 0 amide bonds. The smallest absolute Gasteiger partial charge is 0.374 e. The average Bonchev–Trinajstić information content (AvgIpc) is 1.65. The van der Waals surface area contributed by atoms with Gasteiger partial charge in [-0.05, 0) is 0 Å². The van der Waals surface area contributed by atoms with Crippen LogP contribution in [-0.4, -0.2) is 23.7 Å². The van der Waals surface area contributed by atoms with Gasteiger partial charge in [0, 0.05) is 0 Å². The minimum atomic E-state index is -1.43. The second-order valence-corrected chi connectivity index (χ2v) is 1.11. The Morgan fingerprint density at radius 3 is 2.29 bits per heavy atom. The van der Waals surface area contributed by atoms with Crippen molar-refractivity contribution in [1.82, 2.24) is 0 Å². The number of aliphatic hydroxyl groups excluding tert-OH is 1. The Hall–Kier alpha value is -0.610. The number of aliphatic hydroxyl groups is 1. The lowest BCUT2D eigenvalue weighted by molar-refractivity contribution is -0.145. The predicted molar refractivity (Wildman–Crippen MR) is 20.8 cm³/mol. The number of hydrogen-bond acceptors (Lipinski definition) is 3. The fourth-order valence-electron chi connectivity index (χ4n) is 0.0745. The minimum Gasteiger partial charge on any atom is -0.394 e. The Balaban J connectivity index is 3.34. The van der Waals surface area contributed by atoms with Crippen molar-refractivity contribution < 1.29 is 15.0 Å². The standard InChI is InChI=1S/C3H6NO3/c4-2(1-5)3(6)7/h2,5H,1,4H2. The van der Waals surface area contributed by atoms with Gasteiger partial charge in [-0.1, -0.05) is 0 Å². The van der Waals surface area contributed by atoms with Gasteiger partial charge in [0.25, 0.3) is 0 Å². The average molecular weight is 104 g/mol. The van der Waals surface area contributed by atoms with E-state index in [-0.39, 0.29) is 0 Å². The topological polar surface area (TPSA) is 83.2 Å². The van der Waals surface area contributed by atoms with Crippen molar-refractivity contribution in [2.24, 2.45) is 5.73 Å². The van der Waals surface area contributed by atoms with Crippen molar-refractivity contribution in [2.45, 2.75) is 6.04 Å². The van der Waals surface area contributed by atoms with E-state index in [0.717, 1.165) is 0 Å². The summed E-state index contributed by atoms with van der Waals surface area (Å²) in [5.41, 5.74) is 4.70. The van der Waals surface area contributed by atoms with Crippen molar-refractivity contribution >= 4 is 5.97 Å². The van der Waals surface area contributed by atoms with Crippen molar-refractivity contribution in [3.8, 4) is 0 Å². The normalized spacial score (nSPS) is 13.4. The van der Waals surface area contributed by atoms with Crippen LogP contribution in [0.25, 0.3) is 0 Å². The largest absolute Gasteiger partial charge is 0.394 e. The number of carbonyl (C=O) groups excluding carboxylic acids is 1. The first-order valence-electron chi connectivity index (χ1n) is 1.75. The van der Waals surface area contributed by atoms with Gasteiger partial charge in [-0.2, -0.15) is 0 Å². The van der Waals surface area contributed by atoms with Crippen LogP contribution in [0.4, 0.5) is 0 Å². The summed E-state index contributed by atoms with van der Waals surface area (Å²) >= 11 is 0. The van der Waals surface area contributed by atoms with Crippen molar-refractivity contribution in [3.05, 3.63) is 0 Å². The lowest BCUT2D eigenvalue weighted by atomic mass is 10.3. The van der Waals surface area contributed by atoms with Gasteiger partial charge < -0.3 is 10.8 Å². The fourth-order valence-corrected chi connectivity index (χ4v) is 0.0745. The third-order valence-corrected chi connectivity index (χ3v) is 0.499. The number of nitrogens with two attached hydrogens (primary N) is 1. The molecule has 0 heterocycles. The van der Waals surface area contributed by atoms with Crippen LogP contribution < -0.4 is 5.73 Å². The maximum Gasteiger partial charge on any atom is 0.374 e. The second kappa shape index (κ2) is 2.54. The van der Waals surface area contributed by atoms with Crippen LogP contribution in [0.1, 0.15) is 0 Å². The number of carbonyl (C=O) groups is 1. The molecule has 0 aliphatic rings. The summed E-state index contributed by atoms with van der Waals surface area (Å²) in [4.78, 5) is 9.53. The Kier molecular flexibility index (Phi) is 2.32. The van der Waals surface area contributed by atoms with E-state index in [1.807, 2.05) is 0 Å². The quantitative estimate of drug-likeness (QED) is 0.436. The molecule has 1 atom stereocenters. The van der Waals surface area contributed by atoms with Gasteiger partial charge in [-0.25, -0.2) is 9.90 Å². The monoisotopic (exact) mass is 104 g/mol. The molecule has 0 saturated carbocycles. The molecule has 0 spiro atoms. The minimum absolute atomic E-state index is 0.567. The molecule has 0 saturated heterocycles. The second-order valence-electron chi connectivity index (χ2n) is 1.11. The van der Waals surface area contributed by atoms with Crippen LogP contribution in [0.15, 0.2) is 0 Å². The Labute approximate surface area is 40.6 Å². The molecule has 4 nitrogen and oxygen atoms in total. The van der Waals surface area contributed by atoms with Crippen LogP contribution >= 0.6 is 0 Å². The highest BCUT2D eigenvalue weighted by Gasteiger charge is 2.09. The summed E-state index contributed by atoms with van der Waals surface area (Å²) in [6.45, 7) is -0.567. The molecule has 1 unspecified atom stereocenters. The first-order valence-corrected chi connectivity index (χ1v) is 1.75. The molecule has 0 aromatic heterocycles. The van der Waals surface area contributed by atoms with E-state index in [9.17, 15) is 9.90 Å². The fraction of sp³-hybridized carbons (Fsp3) is 0.667. The van der Waals surface area contributed by atoms with Crippen LogP contribution in [0.5, 0.6) is 0 Å². The highest BCUT2D eigenvalue weighted by atomic mass is 16.4. The van der Waals surface area contributed by atoms with Crippen LogP contribution in [0, 0.1) is 0 Å². The molecule has 0 aliphatic carbocycles. The Morgan fingerprint density at radius 2 is 2.29 bits per heavy atom. The van der Waals surface area contributed by atoms with Gasteiger partial charge in [0.1, 0.15) is 6.04 Å². The zero-order valence-corrected chi connectivity index (χ0v) is 3.63. The molecule has 0 aliphatic heterocycles. The first-order chi connectivity index (χ1) is 3.18. The lowest BCUT2D eigenvalue weighted by Crippen LogP contribution is -2.32. The van der Waals surface area contributed by atoms with Gasteiger partial charge in [0.2, 0.25) is 0 Å². The summed E-state index contributed by atoms with van der Waals surface area (Å²) in [5, 5.41) is 17.5. The van der Waals surface area contributed by atoms with Crippen molar-refractivity contribution in [1.29, 1.82) is 0 Å². The maximum absolute atomic E-state index is 9.53. The number of rotatable bonds is 2. The summed E-state index contributed by atoms with van der Waals surface area (Å²) in [6.07, 6.45) is 0. The van der Waals surface area contributed by atoms with E-state index in [0.29, 0.717) is 0 Å². The maximum atomic E-state index is 9.53.